The second kappa shape index (κ2) is 4.01. The molecule has 0 fully saturated rings. The first kappa shape index (κ1) is 10.0. The van der Waals surface area contributed by atoms with Crippen LogP contribution in [0, 0.1) is 0 Å². The molecule has 5 nitrogen and oxygen atoms in total. The summed E-state index contributed by atoms with van der Waals surface area (Å²) >= 11 is 0. The zero-order valence-corrected chi connectivity index (χ0v) is 9.23. The third-order valence-electron chi connectivity index (χ3n) is 2.89. The van der Waals surface area contributed by atoms with Crippen LogP contribution in [0.3, 0.4) is 0 Å². The number of aromatic amines is 1. The molecule has 0 amide bonds. The Morgan fingerprint density at radius 2 is 2.24 bits per heavy atom. The Bertz CT molecular complexity index is 591. The Labute approximate surface area is 97.9 Å². The normalized spacial score (nSPS) is 13.9. The minimum atomic E-state index is -0.105. The number of nitrogens with zero attached hydrogens (tertiary/aromatic N) is 2. The summed E-state index contributed by atoms with van der Waals surface area (Å²) in [5, 5.41) is 9.89. The molecule has 1 aliphatic rings. The summed E-state index contributed by atoms with van der Waals surface area (Å²) in [6, 6.07) is 5.65. The van der Waals surface area contributed by atoms with Gasteiger partial charge >= 0.3 is 0 Å². The average Bonchev–Trinajstić information content (AvgIpc) is 2.41. The molecule has 0 radical (unpaired) electrons. The van der Waals surface area contributed by atoms with Gasteiger partial charge in [0, 0.05) is 18.3 Å². The zero-order chi connectivity index (χ0) is 11.7. The van der Waals surface area contributed by atoms with Crippen molar-refractivity contribution in [2.24, 2.45) is 0 Å². The van der Waals surface area contributed by atoms with Gasteiger partial charge in [-0.05, 0) is 25.0 Å². The molecular weight excluding hydrogens is 216 g/mol. The standard InChI is InChI=1S/C12H12N4O/c17-12-8-4-3-7-14-10(8)11(15-16-12)9-5-1-2-6-13-9/h1-2,5-6,14H,3-4,7H2,(H,16,17). The largest absolute Gasteiger partial charge is 0.383 e. The summed E-state index contributed by atoms with van der Waals surface area (Å²) in [5.74, 6) is 0. The molecule has 0 saturated heterocycles. The molecular formula is C12H12N4O. The van der Waals surface area contributed by atoms with Crippen molar-refractivity contribution >= 4 is 5.69 Å². The van der Waals surface area contributed by atoms with Crippen molar-refractivity contribution in [3.05, 3.63) is 40.3 Å². The topological polar surface area (TPSA) is 70.7 Å². The molecule has 0 bridgehead atoms. The summed E-state index contributed by atoms with van der Waals surface area (Å²) in [5.41, 5.74) is 3.01. The number of fused-ring (bicyclic) bond motifs is 1. The van der Waals surface area contributed by atoms with Gasteiger partial charge in [-0.15, -0.1) is 0 Å². The summed E-state index contributed by atoms with van der Waals surface area (Å²) in [7, 11) is 0. The fourth-order valence-electron chi connectivity index (χ4n) is 2.08. The van der Waals surface area contributed by atoms with E-state index in [9.17, 15) is 4.79 Å². The lowest BCUT2D eigenvalue weighted by Crippen LogP contribution is -2.24. The molecule has 2 aromatic heterocycles. The van der Waals surface area contributed by atoms with Crippen LogP contribution in [-0.2, 0) is 6.42 Å². The molecule has 0 atom stereocenters. The van der Waals surface area contributed by atoms with Gasteiger partial charge in [-0.2, -0.15) is 5.10 Å². The van der Waals surface area contributed by atoms with E-state index in [1.54, 1.807) is 6.20 Å². The maximum atomic E-state index is 11.7. The fourth-order valence-corrected chi connectivity index (χ4v) is 2.08. The number of hydrogen-bond donors (Lipinski definition) is 2. The third-order valence-corrected chi connectivity index (χ3v) is 2.89. The number of anilines is 1. The Morgan fingerprint density at radius 3 is 3.06 bits per heavy atom. The smallest absolute Gasteiger partial charge is 0.269 e. The number of rotatable bonds is 1. The van der Waals surface area contributed by atoms with Crippen LogP contribution in [0.5, 0.6) is 0 Å². The Kier molecular flexibility index (Phi) is 2.36. The van der Waals surface area contributed by atoms with Gasteiger partial charge in [-0.3, -0.25) is 9.78 Å². The van der Waals surface area contributed by atoms with E-state index in [0.717, 1.165) is 42.0 Å². The predicted octanol–water partition coefficient (Wildman–Crippen LogP) is 1.19. The van der Waals surface area contributed by atoms with E-state index >= 15 is 0 Å². The van der Waals surface area contributed by atoms with Gasteiger partial charge in [-0.1, -0.05) is 6.07 Å². The number of hydrogen-bond acceptors (Lipinski definition) is 4. The summed E-state index contributed by atoms with van der Waals surface area (Å²) in [6.45, 7) is 0.873. The van der Waals surface area contributed by atoms with Crippen molar-refractivity contribution in [3.8, 4) is 11.4 Å². The molecule has 2 aromatic rings. The molecule has 17 heavy (non-hydrogen) atoms. The van der Waals surface area contributed by atoms with Gasteiger partial charge in [0.25, 0.3) is 5.56 Å². The molecule has 1 aliphatic heterocycles. The lowest BCUT2D eigenvalue weighted by Gasteiger charge is -2.18. The van der Waals surface area contributed by atoms with E-state index in [1.165, 1.54) is 0 Å². The second-order valence-corrected chi connectivity index (χ2v) is 4.00. The SMILES string of the molecule is O=c1[nH]nc(-c2ccccn2)c2c1CCCN2. The number of pyridine rings is 1. The average molecular weight is 228 g/mol. The molecule has 3 heterocycles. The summed E-state index contributed by atoms with van der Waals surface area (Å²) < 4.78 is 0. The quantitative estimate of drug-likeness (QED) is 0.769. The van der Waals surface area contributed by atoms with Crippen LogP contribution in [0.25, 0.3) is 11.4 Å². The molecule has 3 rings (SSSR count). The van der Waals surface area contributed by atoms with Crippen LogP contribution in [-0.4, -0.2) is 21.7 Å². The van der Waals surface area contributed by atoms with Crippen LogP contribution in [0.4, 0.5) is 5.69 Å². The van der Waals surface area contributed by atoms with Crippen LogP contribution < -0.4 is 10.9 Å². The van der Waals surface area contributed by atoms with Crippen LogP contribution in [0.1, 0.15) is 12.0 Å². The van der Waals surface area contributed by atoms with Gasteiger partial charge in [0.1, 0.15) is 5.69 Å². The van der Waals surface area contributed by atoms with Crippen LogP contribution in [0.2, 0.25) is 0 Å². The Morgan fingerprint density at radius 1 is 1.29 bits per heavy atom. The molecule has 0 aliphatic carbocycles. The second-order valence-electron chi connectivity index (χ2n) is 4.00. The van der Waals surface area contributed by atoms with E-state index in [0.29, 0.717) is 0 Å². The first-order valence-electron chi connectivity index (χ1n) is 5.63. The highest BCUT2D eigenvalue weighted by atomic mass is 16.1. The highest BCUT2D eigenvalue weighted by Crippen LogP contribution is 2.27. The maximum Gasteiger partial charge on any atom is 0.269 e. The highest BCUT2D eigenvalue weighted by molar-refractivity contribution is 5.74. The van der Waals surface area contributed by atoms with Crippen LogP contribution in [0.15, 0.2) is 29.2 Å². The first-order valence-corrected chi connectivity index (χ1v) is 5.63. The monoisotopic (exact) mass is 228 g/mol. The lowest BCUT2D eigenvalue weighted by atomic mass is 10.0. The minimum absolute atomic E-state index is 0.105. The first-order chi connectivity index (χ1) is 8.36. The predicted molar refractivity (Wildman–Crippen MR) is 64.9 cm³/mol. The minimum Gasteiger partial charge on any atom is -0.383 e. The van der Waals surface area contributed by atoms with Crippen molar-refractivity contribution in [1.29, 1.82) is 0 Å². The van der Waals surface area contributed by atoms with E-state index in [4.69, 9.17) is 0 Å². The fraction of sp³-hybridized carbons (Fsp3) is 0.250. The van der Waals surface area contributed by atoms with E-state index in [1.807, 2.05) is 18.2 Å². The van der Waals surface area contributed by atoms with Crippen LogP contribution >= 0.6 is 0 Å². The van der Waals surface area contributed by atoms with Crippen molar-refractivity contribution in [2.45, 2.75) is 12.8 Å². The van der Waals surface area contributed by atoms with Crippen molar-refractivity contribution in [3.63, 3.8) is 0 Å². The van der Waals surface area contributed by atoms with Gasteiger partial charge in [-0.25, -0.2) is 5.10 Å². The highest BCUT2D eigenvalue weighted by Gasteiger charge is 2.18. The van der Waals surface area contributed by atoms with Gasteiger partial charge in [0.05, 0.1) is 11.4 Å². The van der Waals surface area contributed by atoms with Gasteiger partial charge in [0.2, 0.25) is 0 Å². The van der Waals surface area contributed by atoms with Crippen molar-refractivity contribution in [1.82, 2.24) is 15.2 Å². The number of H-pyrrole nitrogens is 1. The lowest BCUT2D eigenvalue weighted by molar-refractivity contribution is 0.798. The molecule has 2 N–H and O–H groups in total. The molecule has 0 spiro atoms. The number of nitrogens with one attached hydrogen (secondary N) is 2. The Balaban J connectivity index is 2.22. The molecule has 5 heteroatoms. The van der Waals surface area contributed by atoms with Crippen molar-refractivity contribution in [2.75, 3.05) is 11.9 Å². The zero-order valence-electron chi connectivity index (χ0n) is 9.23. The van der Waals surface area contributed by atoms with Gasteiger partial charge in [0.15, 0.2) is 0 Å². The summed E-state index contributed by atoms with van der Waals surface area (Å²) in [6.07, 6.45) is 3.49. The Hall–Kier alpha value is -2.17. The number of aromatic nitrogens is 3. The molecule has 0 saturated carbocycles. The molecule has 0 unspecified atom stereocenters. The molecule has 86 valence electrons. The molecule has 0 aromatic carbocycles. The summed E-state index contributed by atoms with van der Waals surface area (Å²) in [4.78, 5) is 15.9. The van der Waals surface area contributed by atoms with Crippen molar-refractivity contribution < 1.29 is 0 Å². The van der Waals surface area contributed by atoms with E-state index in [2.05, 4.69) is 20.5 Å². The van der Waals surface area contributed by atoms with E-state index < -0.39 is 0 Å². The maximum absolute atomic E-state index is 11.7. The third kappa shape index (κ3) is 1.69. The van der Waals surface area contributed by atoms with E-state index in [-0.39, 0.29) is 5.56 Å². The van der Waals surface area contributed by atoms with Gasteiger partial charge < -0.3 is 5.32 Å².